The van der Waals surface area contributed by atoms with E-state index in [1.807, 2.05) is 31.2 Å². The van der Waals surface area contributed by atoms with E-state index in [1.165, 1.54) is 0 Å². The zero-order valence-corrected chi connectivity index (χ0v) is 9.68. The number of pyridine rings is 1. The smallest absolute Gasteiger partial charge is 0.251 e. The third-order valence-electron chi connectivity index (χ3n) is 2.60. The molecule has 1 heterocycles. The van der Waals surface area contributed by atoms with Gasteiger partial charge in [0.2, 0.25) is 0 Å². The largest absolute Gasteiger partial charge is 0.348 e. The third-order valence-corrected chi connectivity index (χ3v) is 2.60. The quantitative estimate of drug-likeness (QED) is 0.833. The van der Waals surface area contributed by atoms with Crippen molar-refractivity contribution in [3.05, 3.63) is 42.1 Å². The molecule has 0 unspecified atom stereocenters. The van der Waals surface area contributed by atoms with Gasteiger partial charge in [-0.05, 0) is 31.2 Å². The van der Waals surface area contributed by atoms with Gasteiger partial charge in [0.25, 0.3) is 5.91 Å². The summed E-state index contributed by atoms with van der Waals surface area (Å²) in [4.78, 5) is 16.1. The Morgan fingerprint density at radius 1 is 1.47 bits per heavy atom. The highest BCUT2D eigenvalue weighted by Gasteiger charge is 2.08. The summed E-state index contributed by atoms with van der Waals surface area (Å²) in [7, 11) is 0. The lowest BCUT2D eigenvalue weighted by Crippen LogP contribution is -2.37. The molecule has 4 nitrogen and oxygen atoms in total. The minimum absolute atomic E-state index is 0.0212. The summed E-state index contributed by atoms with van der Waals surface area (Å²) < 4.78 is 0. The molecule has 2 aromatic rings. The number of rotatable bonds is 3. The van der Waals surface area contributed by atoms with Gasteiger partial charge in [-0.1, -0.05) is 6.07 Å². The number of hydrogen-bond acceptors (Lipinski definition) is 3. The Kier molecular flexibility index (Phi) is 3.35. The van der Waals surface area contributed by atoms with E-state index >= 15 is 0 Å². The Balaban J connectivity index is 2.27. The van der Waals surface area contributed by atoms with Crippen LogP contribution in [0.1, 0.15) is 17.3 Å². The van der Waals surface area contributed by atoms with Gasteiger partial charge in [-0.2, -0.15) is 0 Å². The van der Waals surface area contributed by atoms with Crippen LogP contribution in [0.15, 0.2) is 36.5 Å². The molecule has 0 aliphatic heterocycles. The van der Waals surface area contributed by atoms with Crippen LogP contribution in [-0.4, -0.2) is 23.5 Å². The van der Waals surface area contributed by atoms with Crippen molar-refractivity contribution >= 4 is 16.8 Å². The SMILES string of the molecule is C[C@H](CN)NC(=O)c1ccc2ncccc2c1. The van der Waals surface area contributed by atoms with Gasteiger partial charge in [-0.25, -0.2) is 0 Å². The molecule has 0 radical (unpaired) electrons. The average Bonchev–Trinajstić information content (AvgIpc) is 2.38. The second-order valence-corrected chi connectivity index (χ2v) is 4.02. The van der Waals surface area contributed by atoms with Crippen molar-refractivity contribution in [2.45, 2.75) is 13.0 Å². The van der Waals surface area contributed by atoms with Crippen LogP contribution in [0.25, 0.3) is 10.9 Å². The number of carbonyl (C=O) groups is 1. The number of nitrogens with zero attached hydrogens (tertiary/aromatic N) is 1. The van der Waals surface area contributed by atoms with Gasteiger partial charge in [0.05, 0.1) is 5.52 Å². The minimum atomic E-state index is -0.103. The topological polar surface area (TPSA) is 68.0 Å². The molecule has 1 amide bonds. The molecular formula is C13H15N3O. The maximum atomic E-state index is 11.9. The van der Waals surface area contributed by atoms with Crippen LogP contribution in [0.2, 0.25) is 0 Å². The zero-order valence-electron chi connectivity index (χ0n) is 9.68. The molecule has 0 bridgehead atoms. The highest BCUT2D eigenvalue weighted by Crippen LogP contribution is 2.13. The van der Waals surface area contributed by atoms with Gasteiger partial charge in [0, 0.05) is 29.7 Å². The van der Waals surface area contributed by atoms with E-state index in [9.17, 15) is 4.79 Å². The van der Waals surface area contributed by atoms with E-state index in [1.54, 1.807) is 12.3 Å². The number of nitrogens with one attached hydrogen (secondary N) is 1. The molecule has 2 rings (SSSR count). The van der Waals surface area contributed by atoms with Crippen LogP contribution >= 0.6 is 0 Å². The summed E-state index contributed by atoms with van der Waals surface area (Å²) in [5.41, 5.74) is 6.98. The van der Waals surface area contributed by atoms with Crippen LogP contribution in [0, 0.1) is 0 Å². The van der Waals surface area contributed by atoms with E-state index in [-0.39, 0.29) is 11.9 Å². The first-order chi connectivity index (χ1) is 8.20. The summed E-state index contributed by atoms with van der Waals surface area (Å²) in [6, 6.07) is 9.22. The Labute approximate surface area is 99.8 Å². The van der Waals surface area contributed by atoms with Crippen LogP contribution in [0.5, 0.6) is 0 Å². The lowest BCUT2D eigenvalue weighted by Gasteiger charge is -2.11. The molecule has 4 heteroatoms. The van der Waals surface area contributed by atoms with E-state index in [4.69, 9.17) is 5.73 Å². The van der Waals surface area contributed by atoms with Crippen molar-refractivity contribution in [1.82, 2.24) is 10.3 Å². The standard InChI is InChI=1S/C13H15N3O/c1-9(8-14)16-13(17)11-4-5-12-10(7-11)3-2-6-15-12/h2-7,9H,8,14H2,1H3,(H,16,17)/t9-/m1/s1. The van der Waals surface area contributed by atoms with Gasteiger partial charge in [0.1, 0.15) is 0 Å². The van der Waals surface area contributed by atoms with Crippen LogP contribution in [0.4, 0.5) is 0 Å². The summed E-state index contributed by atoms with van der Waals surface area (Å²) in [5.74, 6) is -0.103. The molecule has 1 aromatic carbocycles. The summed E-state index contributed by atoms with van der Waals surface area (Å²) in [6.07, 6.45) is 1.73. The molecule has 17 heavy (non-hydrogen) atoms. The molecule has 0 aliphatic rings. The molecular weight excluding hydrogens is 214 g/mol. The molecule has 1 atom stereocenters. The maximum Gasteiger partial charge on any atom is 0.251 e. The van der Waals surface area contributed by atoms with Crippen molar-refractivity contribution in [3.8, 4) is 0 Å². The van der Waals surface area contributed by atoms with Gasteiger partial charge in [0.15, 0.2) is 0 Å². The van der Waals surface area contributed by atoms with Gasteiger partial charge in [-0.3, -0.25) is 9.78 Å². The Bertz CT molecular complexity index is 539. The van der Waals surface area contributed by atoms with Crippen molar-refractivity contribution in [2.24, 2.45) is 5.73 Å². The van der Waals surface area contributed by atoms with E-state index in [2.05, 4.69) is 10.3 Å². The molecule has 88 valence electrons. The molecule has 0 spiro atoms. The van der Waals surface area contributed by atoms with Crippen LogP contribution < -0.4 is 11.1 Å². The number of hydrogen-bond donors (Lipinski definition) is 2. The summed E-state index contributed by atoms with van der Waals surface area (Å²) in [5, 5.41) is 3.79. The molecule has 0 aliphatic carbocycles. The molecule has 3 N–H and O–H groups in total. The number of amides is 1. The predicted molar refractivity (Wildman–Crippen MR) is 67.7 cm³/mol. The lowest BCUT2D eigenvalue weighted by atomic mass is 10.1. The van der Waals surface area contributed by atoms with Crippen molar-refractivity contribution in [3.63, 3.8) is 0 Å². The normalized spacial score (nSPS) is 12.4. The number of carbonyl (C=O) groups excluding carboxylic acids is 1. The predicted octanol–water partition coefficient (Wildman–Crippen LogP) is 1.31. The summed E-state index contributed by atoms with van der Waals surface area (Å²) in [6.45, 7) is 2.31. The second kappa shape index (κ2) is 4.93. The van der Waals surface area contributed by atoms with E-state index in [0.29, 0.717) is 12.1 Å². The highest BCUT2D eigenvalue weighted by molar-refractivity contribution is 5.98. The molecule has 0 saturated heterocycles. The fourth-order valence-electron chi connectivity index (χ4n) is 1.58. The maximum absolute atomic E-state index is 11.9. The number of fused-ring (bicyclic) bond motifs is 1. The van der Waals surface area contributed by atoms with Crippen molar-refractivity contribution in [1.29, 1.82) is 0 Å². The number of aromatic nitrogens is 1. The molecule has 0 fully saturated rings. The highest BCUT2D eigenvalue weighted by atomic mass is 16.1. The van der Waals surface area contributed by atoms with Crippen LogP contribution in [0.3, 0.4) is 0 Å². The third kappa shape index (κ3) is 2.60. The van der Waals surface area contributed by atoms with E-state index in [0.717, 1.165) is 10.9 Å². The minimum Gasteiger partial charge on any atom is -0.348 e. The van der Waals surface area contributed by atoms with Gasteiger partial charge < -0.3 is 11.1 Å². The fraction of sp³-hybridized carbons (Fsp3) is 0.231. The monoisotopic (exact) mass is 229 g/mol. The fourth-order valence-corrected chi connectivity index (χ4v) is 1.58. The Hall–Kier alpha value is -1.94. The first-order valence-corrected chi connectivity index (χ1v) is 5.56. The zero-order chi connectivity index (χ0) is 12.3. The van der Waals surface area contributed by atoms with E-state index < -0.39 is 0 Å². The Morgan fingerprint density at radius 3 is 3.06 bits per heavy atom. The van der Waals surface area contributed by atoms with Crippen molar-refractivity contribution in [2.75, 3.05) is 6.54 Å². The average molecular weight is 229 g/mol. The first-order valence-electron chi connectivity index (χ1n) is 5.56. The second-order valence-electron chi connectivity index (χ2n) is 4.02. The molecule has 0 saturated carbocycles. The lowest BCUT2D eigenvalue weighted by molar-refractivity contribution is 0.0941. The first kappa shape index (κ1) is 11.5. The molecule has 1 aromatic heterocycles. The number of nitrogens with two attached hydrogens (primary N) is 1. The van der Waals surface area contributed by atoms with Gasteiger partial charge in [-0.15, -0.1) is 0 Å². The number of benzene rings is 1. The Morgan fingerprint density at radius 2 is 2.29 bits per heavy atom. The van der Waals surface area contributed by atoms with Crippen molar-refractivity contribution < 1.29 is 4.79 Å². The van der Waals surface area contributed by atoms with Crippen LogP contribution in [-0.2, 0) is 0 Å². The summed E-state index contributed by atoms with van der Waals surface area (Å²) >= 11 is 0. The van der Waals surface area contributed by atoms with Gasteiger partial charge >= 0.3 is 0 Å².